The first-order valence-corrected chi connectivity index (χ1v) is 9.77. The quantitative estimate of drug-likeness (QED) is 0.675. The first-order valence-electron chi connectivity index (χ1n) is 9.77. The maximum atomic E-state index is 13.0. The van der Waals surface area contributed by atoms with Gasteiger partial charge in [-0.05, 0) is 62.3 Å². The molecular formula is C22H22FN3O3. The van der Waals surface area contributed by atoms with Crippen LogP contribution in [0.1, 0.15) is 23.2 Å². The molecule has 0 unspecified atom stereocenters. The number of halogens is 1. The van der Waals surface area contributed by atoms with Crippen molar-refractivity contribution in [3.05, 3.63) is 80.7 Å². The van der Waals surface area contributed by atoms with E-state index in [-0.39, 0.29) is 23.1 Å². The summed E-state index contributed by atoms with van der Waals surface area (Å²) in [7, 11) is 0. The topological polar surface area (TPSA) is 75.2 Å². The zero-order chi connectivity index (χ0) is 20.4. The van der Waals surface area contributed by atoms with Crippen LogP contribution in [0.4, 0.5) is 4.39 Å². The lowest BCUT2D eigenvalue weighted by Crippen LogP contribution is -2.42. The molecule has 0 amide bonds. The molecule has 1 N–H and O–H groups in total. The molecule has 0 radical (unpaired) electrons. The number of ketones is 1. The Labute approximate surface area is 166 Å². The van der Waals surface area contributed by atoms with Gasteiger partial charge in [-0.3, -0.25) is 14.2 Å². The number of Topliss-reactive ketones (excluding diaryl/α,β-unsaturated/α-hetero) is 1. The monoisotopic (exact) mass is 394 g/mol. The van der Waals surface area contributed by atoms with Crippen LogP contribution in [0.3, 0.4) is 0 Å². The van der Waals surface area contributed by atoms with Crippen molar-refractivity contribution in [2.75, 3.05) is 19.6 Å². The molecule has 0 bridgehead atoms. The van der Waals surface area contributed by atoms with Gasteiger partial charge in [-0.2, -0.15) is 0 Å². The second kappa shape index (κ2) is 8.13. The average molecular weight is 394 g/mol. The lowest BCUT2D eigenvalue weighted by molar-refractivity contribution is 0.0837. The molecule has 0 spiro atoms. The van der Waals surface area contributed by atoms with Crippen LogP contribution in [0.15, 0.2) is 58.1 Å². The number of H-pyrrole nitrogens is 1. The largest absolute Gasteiger partial charge is 0.328 e. The Morgan fingerprint density at radius 1 is 1.00 bits per heavy atom. The Morgan fingerprint density at radius 2 is 1.69 bits per heavy atom. The third-order valence-electron chi connectivity index (χ3n) is 5.62. The maximum Gasteiger partial charge on any atom is 0.328 e. The van der Waals surface area contributed by atoms with Crippen LogP contribution in [0.25, 0.3) is 10.9 Å². The van der Waals surface area contributed by atoms with E-state index in [2.05, 4.69) is 9.88 Å². The Bertz CT molecular complexity index is 1140. The molecule has 1 aromatic heterocycles. The maximum absolute atomic E-state index is 13.0. The molecule has 29 heavy (non-hydrogen) atoms. The van der Waals surface area contributed by atoms with E-state index in [0.29, 0.717) is 42.4 Å². The van der Waals surface area contributed by atoms with Crippen molar-refractivity contribution in [2.24, 2.45) is 5.92 Å². The van der Waals surface area contributed by atoms with Gasteiger partial charge in [0, 0.05) is 24.6 Å². The van der Waals surface area contributed by atoms with Crippen LogP contribution in [0, 0.1) is 11.7 Å². The number of nitrogens with one attached hydrogen (secondary N) is 1. The zero-order valence-corrected chi connectivity index (χ0v) is 15.9. The number of piperidine rings is 1. The Balaban J connectivity index is 1.38. The van der Waals surface area contributed by atoms with E-state index in [1.54, 1.807) is 24.3 Å². The third kappa shape index (κ3) is 4.05. The molecule has 4 rings (SSSR count). The molecule has 6 nitrogen and oxygen atoms in total. The first kappa shape index (κ1) is 19.3. The van der Waals surface area contributed by atoms with Gasteiger partial charge in [0.2, 0.25) is 0 Å². The molecule has 2 heterocycles. The van der Waals surface area contributed by atoms with E-state index >= 15 is 0 Å². The van der Waals surface area contributed by atoms with Gasteiger partial charge in [-0.1, -0.05) is 12.1 Å². The number of fused-ring (bicyclic) bond motifs is 1. The Morgan fingerprint density at radius 3 is 2.41 bits per heavy atom. The first-order chi connectivity index (χ1) is 14.0. The number of benzene rings is 2. The predicted molar refractivity (Wildman–Crippen MR) is 109 cm³/mol. The number of carbonyl (C=O) groups excluding carboxylic acids is 1. The lowest BCUT2D eigenvalue weighted by Gasteiger charge is -2.31. The summed E-state index contributed by atoms with van der Waals surface area (Å²) < 4.78 is 14.3. The number of para-hydroxylation sites is 1. The average Bonchev–Trinajstić information content (AvgIpc) is 2.74. The van der Waals surface area contributed by atoms with Crippen molar-refractivity contribution >= 4 is 16.7 Å². The SMILES string of the molecule is O=C(c1ccc(F)cc1)C1CCN(CCn2c(=O)c3ccccc3[nH][11c]2=O)CC1. The second-order valence-corrected chi connectivity index (χ2v) is 7.42. The molecule has 1 saturated heterocycles. The van der Waals surface area contributed by atoms with Crippen molar-refractivity contribution in [1.82, 2.24) is 14.5 Å². The van der Waals surface area contributed by atoms with Crippen LogP contribution in [0.5, 0.6) is 0 Å². The Kier molecular flexibility index (Phi) is 5.40. The van der Waals surface area contributed by atoms with Crippen LogP contribution >= 0.6 is 0 Å². The highest BCUT2D eigenvalue weighted by Gasteiger charge is 2.25. The summed E-state index contributed by atoms with van der Waals surface area (Å²) in [5.74, 6) is -0.384. The molecule has 1 aliphatic rings. The molecule has 1 fully saturated rings. The number of rotatable bonds is 5. The van der Waals surface area contributed by atoms with Crippen LogP contribution in [-0.4, -0.2) is 39.9 Å². The van der Waals surface area contributed by atoms with Gasteiger partial charge in [-0.15, -0.1) is 0 Å². The van der Waals surface area contributed by atoms with Crippen LogP contribution in [0.2, 0.25) is 0 Å². The van der Waals surface area contributed by atoms with Gasteiger partial charge >= 0.3 is 5.69 Å². The minimum atomic E-state index is -0.407. The van der Waals surface area contributed by atoms with Crippen molar-refractivity contribution in [3.63, 3.8) is 0 Å². The van der Waals surface area contributed by atoms with Crippen molar-refractivity contribution in [2.45, 2.75) is 19.4 Å². The number of likely N-dealkylation sites (tertiary alicyclic amines) is 1. The molecule has 1 aliphatic heterocycles. The molecule has 2 aromatic carbocycles. The van der Waals surface area contributed by atoms with E-state index in [9.17, 15) is 18.8 Å². The summed E-state index contributed by atoms with van der Waals surface area (Å²) in [6.45, 7) is 2.31. The number of hydrogen-bond acceptors (Lipinski definition) is 4. The van der Waals surface area contributed by atoms with Gasteiger partial charge in [0.25, 0.3) is 5.56 Å². The minimum absolute atomic E-state index is 0.0480. The number of carbonyl (C=O) groups is 1. The highest BCUT2D eigenvalue weighted by molar-refractivity contribution is 5.97. The number of nitrogens with zero attached hydrogens (tertiary/aromatic N) is 2. The van der Waals surface area contributed by atoms with Crippen LogP contribution in [-0.2, 0) is 6.54 Å². The highest BCUT2D eigenvalue weighted by atomic mass is 19.1. The smallest absolute Gasteiger partial charge is 0.307 e. The predicted octanol–water partition coefficient (Wildman–Crippen LogP) is 2.42. The van der Waals surface area contributed by atoms with E-state index in [1.165, 1.54) is 28.8 Å². The van der Waals surface area contributed by atoms with Gasteiger partial charge in [-0.25, -0.2) is 9.18 Å². The molecule has 0 saturated carbocycles. The summed E-state index contributed by atoms with van der Waals surface area (Å²) in [6, 6.07) is 12.6. The van der Waals surface area contributed by atoms with E-state index in [0.717, 1.165) is 13.1 Å². The van der Waals surface area contributed by atoms with Crippen molar-refractivity contribution in [1.29, 1.82) is 0 Å². The summed E-state index contributed by atoms with van der Waals surface area (Å²) in [4.78, 5) is 42.4. The summed E-state index contributed by atoms with van der Waals surface area (Å²) in [5.41, 5.74) is 0.388. The summed E-state index contributed by atoms with van der Waals surface area (Å²) in [6.07, 6.45) is 1.42. The summed E-state index contributed by atoms with van der Waals surface area (Å²) in [5, 5.41) is 0.496. The standard InChI is InChI=1S/C22H22FN3O3/c23-17-7-5-15(6-8-17)20(27)16-9-11-25(12-10-16)13-14-26-21(28)18-3-1-2-4-19(18)24-22(26)29/h1-8,16H,9-14H2,(H,24,29)/i22-1. The summed E-state index contributed by atoms with van der Waals surface area (Å²) >= 11 is 0. The molecule has 0 atom stereocenters. The number of aromatic nitrogens is 2. The second-order valence-electron chi connectivity index (χ2n) is 7.42. The highest BCUT2D eigenvalue weighted by Crippen LogP contribution is 2.22. The molecular weight excluding hydrogens is 372 g/mol. The van der Waals surface area contributed by atoms with Gasteiger partial charge in [0.1, 0.15) is 5.82 Å². The number of aromatic amines is 1. The van der Waals surface area contributed by atoms with Gasteiger partial charge in [0.15, 0.2) is 5.78 Å². The fourth-order valence-electron chi connectivity index (χ4n) is 3.91. The number of hydrogen-bond donors (Lipinski definition) is 1. The third-order valence-corrected chi connectivity index (χ3v) is 5.62. The van der Waals surface area contributed by atoms with E-state index in [1.807, 2.05) is 0 Å². The van der Waals surface area contributed by atoms with E-state index < -0.39 is 5.69 Å². The fourth-order valence-corrected chi connectivity index (χ4v) is 3.91. The lowest BCUT2D eigenvalue weighted by atomic mass is 9.89. The van der Waals surface area contributed by atoms with Gasteiger partial charge in [0.05, 0.1) is 10.9 Å². The molecule has 3 aromatic rings. The van der Waals surface area contributed by atoms with Crippen LogP contribution < -0.4 is 11.2 Å². The minimum Gasteiger partial charge on any atom is -0.307 e. The normalized spacial score (nSPS) is 15.6. The van der Waals surface area contributed by atoms with Gasteiger partial charge < -0.3 is 9.88 Å². The fraction of sp³-hybridized carbons (Fsp3) is 0.318. The molecule has 150 valence electrons. The molecule has 7 heteroatoms. The molecule has 0 aliphatic carbocycles. The zero-order valence-electron chi connectivity index (χ0n) is 15.9. The van der Waals surface area contributed by atoms with Crippen molar-refractivity contribution in [3.8, 4) is 0 Å². The van der Waals surface area contributed by atoms with Crippen molar-refractivity contribution < 1.29 is 9.18 Å². The Hall–Kier alpha value is -3.06. The van der Waals surface area contributed by atoms with E-state index in [4.69, 9.17) is 0 Å².